The molecule has 7 atom stereocenters. The minimum Gasteiger partial charge on any atom is -0.372 e. The molecule has 9 nitrogen and oxygen atoms in total. The highest BCUT2D eigenvalue weighted by atomic mass is 32.2. The Labute approximate surface area is 434 Å². The quantitative estimate of drug-likeness (QED) is 0.0196. The summed E-state index contributed by atoms with van der Waals surface area (Å²) in [6.45, 7) is 25.0. The third-order valence-corrected chi connectivity index (χ3v) is 35.2. The number of hydrogen-bond acceptors (Lipinski definition) is 21. The monoisotopic (exact) mass is 1120 g/mol. The molecule has 0 aliphatic heterocycles. The highest BCUT2D eigenvalue weighted by Gasteiger charge is 2.86. The molecule has 0 aromatic carbocycles. The van der Waals surface area contributed by atoms with E-state index in [1.165, 1.54) is 0 Å². The van der Waals surface area contributed by atoms with Gasteiger partial charge in [0.25, 0.3) is 0 Å². The van der Waals surface area contributed by atoms with Gasteiger partial charge < -0.3 is 39.8 Å². The molecule has 0 spiro atoms. The van der Waals surface area contributed by atoms with Crippen LogP contribution in [0, 0.1) is 11.3 Å². The molecular weight excluding hydrogens is 1050 g/mol. The highest BCUT2D eigenvalue weighted by molar-refractivity contribution is 8.06. The minimum atomic E-state index is -4.09. The zero-order valence-electron chi connectivity index (χ0n) is 37.5. The van der Waals surface area contributed by atoms with Gasteiger partial charge >= 0.3 is 26.4 Å². The van der Waals surface area contributed by atoms with Crippen molar-refractivity contribution in [1.82, 2.24) is 0 Å². The van der Waals surface area contributed by atoms with Crippen molar-refractivity contribution < 1.29 is 39.8 Å². The summed E-state index contributed by atoms with van der Waals surface area (Å²) < 4.78 is 50.9. The van der Waals surface area contributed by atoms with Crippen LogP contribution in [0.4, 0.5) is 0 Å². The van der Waals surface area contributed by atoms with Crippen LogP contribution in [-0.4, -0.2) is 127 Å². The van der Waals surface area contributed by atoms with Gasteiger partial charge in [-0.15, -0.1) is 0 Å². The Hall–Kier alpha value is 4.49. The van der Waals surface area contributed by atoms with E-state index in [0.29, 0.717) is 19.3 Å². The molecule has 0 amide bonds. The van der Waals surface area contributed by atoms with Crippen molar-refractivity contribution in [3.63, 3.8) is 0 Å². The molecule has 360 valence electrons. The molecule has 7 unspecified atom stereocenters. The fourth-order valence-electron chi connectivity index (χ4n) is 9.45. The van der Waals surface area contributed by atoms with Crippen LogP contribution < -0.4 is 0 Å². The second kappa shape index (κ2) is 25.6. The van der Waals surface area contributed by atoms with Gasteiger partial charge in [0.05, 0.1) is 14.2 Å². The van der Waals surface area contributed by atoms with E-state index in [1.807, 2.05) is 83.1 Å². The predicted molar refractivity (Wildman–Crippen MR) is 299 cm³/mol. The van der Waals surface area contributed by atoms with E-state index in [4.69, 9.17) is 191 Å². The lowest BCUT2D eigenvalue weighted by Gasteiger charge is -2.74. The van der Waals surface area contributed by atoms with Crippen molar-refractivity contribution in [3.8, 4) is 0 Å². The molecular formula is C36H78O9S12Si3. The zero-order valence-corrected chi connectivity index (χ0v) is 51.3. The summed E-state index contributed by atoms with van der Waals surface area (Å²) in [7, 11) is -12.2. The molecule has 0 saturated heterocycles. The second-order valence-electron chi connectivity index (χ2n) is 14.7. The molecule has 60 heavy (non-hydrogen) atoms. The number of thiol groups is 12. The molecule has 0 aromatic heterocycles. The average Bonchev–Trinajstić information content (AvgIpc) is 3.16. The first kappa shape index (κ1) is 62.5. The van der Waals surface area contributed by atoms with Crippen molar-refractivity contribution in [2.45, 2.75) is 150 Å². The molecule has 1 aliphatic rings. The van der Waals surface area contributed by atoms with Crippen LogP contribution >= 0.6 is 152 Å². The number of hydrogen-bond donors (Lipinski definition) is 12. The second-order valence-corrected chi connectivity index (χ2v) is 35.0. The van der Waals surface area contributed by atoms with Crippen molar-refractivity contribution in [3.05, 3.63) is 0 Å². The average molecular weight is 1120 g/mol. The Balaban J connectivity index is 5.33. The lowest BCUT2D eigenvalue weighted by atomic mass is 9.49. The molecule has 1 saturated carbocycles. The van der Waals surface area contributed by atoms with Crippen molar-refractivity contribution in [2.24, 2.45) is 11.3 Å². The summed E-state index contributed by atoms with van der Waals surface area (Å²) in [6.07, 6.45) is 2.33. The Morgan fingerprint density at radius 1 is 0.433 bits per heavy atom. The van der Waals surface area contributed by atoms with Gasteiger partial charge in [0.1, 0.15) is 11.1 Å². The van der Waals surface area contributed by atoms with Crippen molar-refractivity contribution in [1.29, 1.82) is 0 Å². The van der Waals surface area contributed by atoms with E-state index < -0.39 is 78.8 Å². The molecule has 0 N–H and O–H groups in total. The van der Waals surface area contributed by atoms with Gasteiger partial charge in [-0.25, -0.2) is 0 Å². The lowest BCUT2D eigenvalue weighted by molar-refractivity contribution is -0.0389. The summed E-state index contributed by atoms with van der Waals surface area (Å²) in [5, 5.41) is -1.99. The molecule has 24 heteroatoms. The maximum Gasteiger partial charge on any atom is 0.529 e. The first-order valence-corrected chi connectivity index (χ1v) is 31.8. The number of rotatable bonds is 30. The molecule has 0 radical (unpaired) electrons. The maximum absolute atomic E-state index is 6.73. The predicted octanol–water partition coefficient (Wildman–Crippen LogP) is 9.55. The first-order chi connectivity index (χ1) is 27.7. The Bertz CT molecular complexity index is 1190. The maximum atomic E-state index is 6.73. The first-order valence-electron chi connectivity index (χ1n) is 21.0. The van der Waals surface area contributed by atoms with Crippen LogP contribution in [0.5, 0.6) is 0 Å². The van der Waals surface area contributed by atoms with Gasteiger partial charge in [-0.1, -0.05) is 33.6 Å². The van der Waals surface area contributed by atoms with E-state index in [9.17, 15) is 0 Å². The van der Waals surface area contributed by atoms with Gasteiger partial charge in [0, 0.05) is 80.6 Å². The van der Waals surface area contributed by atoms with Gasteiger partial charge in [-0.05, 0) is 81.1 Å². The van der Waals surface area contributed by atoms with E-state index in [-0.39, 0.29) is 59.5 Å². The smallest absolute Gasteiger partial charge is 0.372 e. The summed E-state index contributed by atoms with van der Waals surface area (Å²) in [6, 6.07) is 0. The standard InChI is InChI=1S/C36H78O9S12Si3/c1-13-37-58(38-14-2,39-15-3)34(52,53)31(49,26(10)46)29-24-22-23-25-30(29,32(50,27(11)47)35(54,55)59(40-16-4,41-17-5)42-18-6)33(51,28(12)48)36(56,57)60(43-19-7,44-20-8)45-21-9/h26-29,46-57H,13-25H2,1-12H3. The summed E-state index contributed by atoms with van der Waals surface area (Å²) >= 11 is 67.9. The molecule has 1 fully saturated rings. The van der Waals surface area contributed by atoms with Crippen LogP contribution in [0.15, 0.2) is 0 Å². The van der Waals surface area contributed by atoms with Crippen LogP contribution in [-0.2, 0) is 39.8 Å². The van der Waals surface area contributed by atoms with Crippen LogP contribution in [0.25, 0.3) is 0 Å². The topological polar surface area (TPSA) is 83.1 Å². The molecule has 0 heterocycles. The highest BCUT2D eigenvalue weighted by Crippen LogP contribution is 2.76. The molecule has 1 aliphatic carbocycles. The van der Waals surface area contributed by atoms with E-state index in [0.717, 1.165) is 6.42 Å². The normalized spacial score (nSPS) is 23.7. The van der Waals surface area contributed by atoms with Crippen molar-refractivity contribution in [2.75, 3.05) is 59.5 Å². The fraction of sp³-hybridized carbons (Fsp3) is 1.00. The summed E-state index contributed by atoms with van der Waals surface area (Å²) in [5.41, 5.74) is -1.41. The SMILES string of the molecule is CCO[Si](OCC)(OCC)C(S)(S)C(S)(C(C)S)C1CCCCC1(C(S)(C(C)S)C(S)(S)[Si](OCC)(OCC)OCC)C(S)(C(C)S)C(S)(S)[Si](OCC)(OCC)OCC. The summed E-state index contributed by atoms with van der Waals surface area (Å²) in [4.78, 5) is 0. The Morgan fingerprint density at radius 3 is 0.900 bits per heavy atom. The lowest BCUT2D eigenvalue weighted by Crippen LogP contribution is -2.86. The van der Waals surface area contributed by atoms with Gasteiger partial charge in [0.15, 0.2) is 0 Å². The van der Waals surface area contributed by atoms with E-state index in [1.54, 1.807) is 0 Å². The minimum absolute atomic E-state index is 0.231. The van der Waals surface area contributed by atoms with E-state index >= 15 is 0 Å². The van der Waals surface area contributed by atoms with Gasteiger partial charge in [0.2, 0.25) is 0 Å². The molecule has 1 rings (SSSR count). The fourth-order valence-corrected chi connectivity index (χ4v) is 28.6. The van der Waals surface area contributed by atoms with Crippen LogP contribution in [0.1, 0.15) is 109 Å². The van der Waals surface area contributed by atoms with Gasteiger partial charge in [-0.3, -0.25) is 0 Å². The molecule has 0 aromatic rings. The van der Waals surface area contributed by atoms with Crippen LogP contribution in [0.3, 0.4) is 0 Å². The molecule has 0 bridgehead atoms. The zero-order chi connectivity index (χ0) is 46.9. The van der Waals surface area contributed by atoms with E-state index in [2.05, 4.69) is 0 Å². The van der Waals surface area contributed by atoms with Crippen molar-refractivity contribution >= 4 is 178 Å². The summed E-state index contributed by atoms with van der Waals surface area (Å²) in [5.74, 6) is -0.692. The van der Waals surface area contributed by atoms with Crippen LogP contribution in [0.2, 0.25) is 0 Å². The third-order valence-electron chi connectivity index (χ3n) is 11.6. The van der Waals surface area contributed by atoms with Gasteiger partial charge in [-0.2, -0.15) is 152 Å². The largest absolute Gasteiger partial charge is 0.529 e. The Morgan fingerprint density at radius 2 is 0.683 bits per heavy atom. The third kappa shape index (κ3) is 10.4. The Kier molecular flexibility index (Phi) is 26.6.